The molecule has 0 unspecified atom stereocenters. The third kappa shape index (κ3) is 7.34. The average molecular weight is 407 g/mol. The van der Waals surface area contributed by atoms with E-state index in [1.165, 1.54) is 11.3 Å². The van der Waals surface area contributed by atoms with Gasteiger partial charge >= 0.3 is 0 Å². The minimum absolute atomic E-state index is 0.0638. The van der Waals surface area contributed by atoms with E-state index in [1.807, 2.05) is 19.9 Å². The Hall–Kier alpha value is -2.35. The molecule has 0 aliphatic heterocycles. The molecule has 0 aromatic carbocycles. The number of nitrogens with zero attached hydrogens (tertiary/aromatic N) is 2. The van der Waals surface area contributed by atoms with Crippen molar-refractivity contribution in [2.45, 2.75) is 46.6 Å². The van der Waals surface area contributed by atoms with Crippen LogP contribution in [-0.4, -0.2) is 41.3 Å². The van der Waals surface area contributed by atoms with Crippen molar-refractivity contribution in [3.63, 3.8) is 0 Å². The molecule has 154 valence electrons. The molecule has 0 fully saturated rings. The number of rotatable bonds is 12. The van der Waals surface area contributed by atoms with E-state index < -0.39 is 0 Å². The number of unbranched alkanes of at least 4 members (excludes halogenated alkanes) is 1. The van der Waals surface area contributed by atoms with Gasteiger partial charge in [0.2, 0.25) is 5.91 Å². The minimum atomic E-state index is -0.201. The van der Waals surface area contributed by atoms with Crippen molar-refractivity contribution in [3.8, 4) is 0 Å². The molecule has 0 aliphatic carbocycles. The molecule has 0 radical (unpaired) electrons. The summed E-state index contributed by atoms with van der Waals surface area (Å²) >= 11 is 1.42. The lowest BCUT2D eigenvalue weighted by Gasteiger charge is -2.20. The van der Waals surface area contributed by atoms with Crippen molar-refractivity contribution in [1.82, 2.24) is 15.2 Å². The maximum absolute atomic E-state index is 13.0. The van der Waals surface area contributed by atoms with Gasteiger partial charge in [0.05, 0.1) is 12.8 Å². The van der Waals surface area contributed by atoms with E-state index in [0.29, 0.717) is 37.0 Å². The van der Waals surface area contributed by atoms with Crippen molar-refractivity contribution in [2.75, 3.05) is 25.0 Å². The van der Waals surface area contributed by atoms with Crippen LogP contribution in [0.1, 0.15) is 56.3 Å². The molecule has 0 saturated heterocycles. The lowest BCUT2D eigenvalue weighted by Crippen LogP contribution is -2.35. The molecule has 0 saturated carbocycles. The van der Waals surface area contributed by atoms with E-state index in [-0.39, 0.29) is 18.2 Å². The first-order chi connectivity index (χ1) is 13.5. The molecule has 2 aromatic rings. The summed E-state index contributed by atoms with van der Waals surface area (Å²) in [4.78, 5) is 31.0. The SMILES string of the molecule is CCCCNc1nc(C(=O)N(CCC(=O)NCC(C)C)Cc2ccco2)cs1. The van der Waals surface area contributed by atoms with Gasteiger partial charge in [-0.25, -0.2) is 4.98 Å². The number of carbonyl (C=O) groups is 2. The van der Waals surface area contributed by atoms with E-state index in [9.17, 15) is 9.59 Å². The standard InChI is InChI=1S/C20H30N4O3S/c1-4-5-9-21-20-23-17(14-28-20)19(26)24(13-16-7-6-11-27-16)10-8-18(25)22-12-15(2)3/h6-7,11,14-15H,4-5,8-10,12-13H2,1-3H3,(H,21,23)(H,22,25). The van der Waals surface area contributed by atoms with Crippen LogP contribution in [-0.2, 0) is 11.3 Å². The summed E-state index contributed by atoms with van der Waals surface area (Å²) in [5, 5.41) is 8.62. The van der Waals surface area contributed by atoms with Crippen LogP contribution < -0.4 is 10.6 Å². The fraction of sp³-hybridized carbons (Fsp3) is 0.550. The molecule has 28 heavy (non-hydrogen) atoms. The van der Waals surface area contributed by atoms with Gasteiger partial charge in [0, 0.05) is 31.4 Å². The molecule has 2 amide bonds. The first kappa shape index (κ1) is 21.9. The van der Waals surface area contributed by atoms with E-state index in [1.54, 1.807) is 22.6 Å². The van der Waals surface area contributed by atoms with Crippen LogP contribution in [0, 0.1) is 5.92 Å². The number of carbonyl (C=O) groups excluding carboxylic acids is 2. The Kier molecular flexibility index (Phi) is 9.00. The number of hydrogen-bond donors (Lipinski definition) is 2. The number of anilines is 1. The van der Waals surface area contributed by atoms with Crippen molar-refractivity contribution in [3.05, 3.63) is 35.2 Å². The molecule has 2 heterocycles. The Morgan fingerprint density at radius 2 is 2.18 bits per heavy atom. The zero-order valence-corrected chi connectivity index (χ0v) is 17.7. The number of thiazole rings is 1. The van der Waals surface area contributed by atoms with E-state index in [4.69, 9.17) is 4.42 Å². The van der Waals surface area contributed by atoms with Crippen LogP contribution in [0.2, 0.25) is 0 Å². The molecule has 8 heteroatoms. The maximum atomic E-state index is 13.0. The Balaban J connectivity index is 1.99. The molecule has 2 aromatic heterocycles. The van der Waals surface area contributed by atoms with Gasteiger partial charge < -0.3 is 20.0 Å². The highest BCUT2D eigenvalue weighted by atomic mass is 32.1. The monoisotopic (exact) mass is 406 g/mol. The second kappa shape index (κ2) is 11.5. The van der Waals surface area contributed by atoms with Crippen molar-refractivity contribution in [1.29, 1.82) is 0 Å². The van der Waals surface area contributed by atoms with Crippen LogP contribution in [0.5, 0.6) is 0 Å². The molecule has 0 aliphatic rings. The fourth-order valence-corrected chi connectivity index (χ4v) is 3.19. The third-order valence-corrected chi connectivity index (χ3v) is 4.86. The Morgan fingerprint density at radius 3 is 2.86 bits per heavy atom. The fourth-order valence-electron chi connectivity index (χ4n) is 2.47. The van der Waals surface area contributed by atoms with Gasteiger partial charge in [0.1, 0.15) is 11.5 Å². The Labute approximate surface area is 170 Å². The molecular formula is C20H30N4O3S. The molecule has 0 atom stereocenters. The van der Waals surface area contributed by atoms with Crippen LogP contribution in [0.15, 0.2) is 28.2 Å². The van der Waals surface area contributed by atoms with Gasteiger partial charge in [0.25, 0.3) is 5.91 Å². The van der Waals surface area contributed by atoms with Gasteiger partial charge in [-0.3, -0.25) is 9.59 Å². The summed E-state index contributed by atoms with van der Waals surface area (Å²) in [5.41, 5.74) is 0.387. The number of amides is 2. The van der Waals surface area contributed by atoms with Gasteiger partial charge in [-0.05, 0) is 24.5 Å². The number of nitrogens with one attached hydrogen (secondary N) is 2. The zero-order chi connectivity index (χ0) is 20.4. The van der Waals surface area contributed by atoms with E-state index in [0.717, 1.165) is 24.5 Å². The van der Waals surface area contributed by atoms with Crippen LogP contribution in [0.4, 0.5) is 5.13 Å². The Bertz CT molecular complexity index is 728. The molecule has 0 bridgehead atoms. The van der Waals surface area contributed by atoms with Crippen LogP contribution >= 0.6 is 11.3 Å². The van der Waals surface area contributed by atoms with Crippen molar-refractivity contribution in [2.24, 2.45) is 5.92 Å². The Morgan fingerprint density at radius 1 is 1.36 bits per heavy atom. The lowest BCUT2D eigenvalue weighted by atomic mass is 10.2. The summed E-state index contributed by atoms with van der Waals surface area (Å²) in [6, 6.07) is 3.60. The first-order valence-electron chi connectivity index (χ1n) is 9.77. The predicted octanol–water partition coefficient (Wildman–Crippen LogP) is 3.75. The van der Waals surface area contributed by atoms with Gasteiger partial charge in [-0.2, -0.15) is 0 Å². The van der Waals surface area contributed by atoms with Gasteiger partial charge in [-0.15, -0.1) is 11.3 Å². The summed E-state index contributed by atoms with van der Waals surface area (Å²) in [7, 11) is 0. The quantitative estimate of drug-likeness (QED) is 0.524. The first-order valence-corrected chi connectivity index (χ1v) is 10.6. The van der Waals surface area contributed by atoms with Crippen LogP contribution in [0.25, 0.3) is 0 Å². The third-order valence-electron chi connectivity index (χ3n) is 4.06. The predicted molar refractivity (Wildman–Crippen MR) is 111 cm³/mol. The second-order valence-electron chi connectivity index (χ2n) is 7.07. The van der Waals surface area contributed by atoms with Gasteiger partial charge in [-0.1, -0.05) is 27.2 Å². The topological polar surface area (TPSA) is 87.5 Å². The highest BCUT2D eigenvalue weighted by Crippen LogP contribution is 2.18. The zero-order valence-electron chi connectivity index (χ0n) is 16.9. The maximum Gasteiger partial charge on any atom is 0.273 e. The van der Waals surface area contributed by atoms with Crippen molar-refractivity contribution < 1.29 is 14.0 Å². The molecule has 0 spiro atoms. The minimum Gasteiger partial charge on any atom is -0.467 e. The van der Waals surface area contributed by atoms with Crippen LogP contribution in [0.3, 0.4) is 0 Å². The van der Waals surface area contributed by atoms with E-state index >= 15 is 0 Å². The van der Waals surface area contributed by atoms with Gasteiger partial charge in [0.15, 0.2) is 5.13 Å². The number of hydrogen-bond acceptors (Lipinski definition) is 6. The molecule has 7 nitrogen and oxygen atoms in total. The average Bonchev–Trinajstić information content (AvgIpc) is 3.35. The smallest absolute Gasteiger partial charge is 0.273 e. The van der Waals surface area contributed by atoms with E-state index in [2.05, 4.69) is 22.5 Å². The summed E-state index contributed by atoms with van der Waals surface area (Å²) in [6.45, 7) is 8.29. The largest absolute Gasteiger partial charge is 0.467 e. The summed E-state index contributed by atoms with van der Waals surface area (Å²) in [5.74, 6) is 0.796. The summed E-state index contributed by atoms with van der Waals surface area (Å²) in [6.07, 6.45) is 3.97. The molecule has 2 rings (SSSR count). The lowest BCUT2D eigenvalue weighted by molar-refractivity contribution is -0.121. The highest BCUT2D eigenvalue weighted by molar-refractivity contribution is 7.13. The van der Waals surface area contributed by atoms with Crippen molar-refractivity contribution >= 4 is 28.3 Å². The summed E-state index contributed by atoms with van der Waals surface area (Å²) < 4.78 is 5.38. The molecular weight excluding hydrogens is 376 g/mol. The molecule has 2 N–H and O–H groups in total. The normalized spacial score (nSPS) is 10.9. The highest BCUT2D eigenvalue weighted by Gasteiger charge is 2.21. The number of aromatic nitrogens is 1. The second-order valence-corrected chi connectivity index (χ2v) is 7.93. The number of furan rings is 1.